The topological polar surface area (TPSA) is 21.3 Å². The zero-order valence-electron chi connectivity index (χ0n) is 10.0. The average molecular weight is 261 g/mol. The molecule has 0 bridgehead atoms. The first kappa shape index (κ1) is 14.4. The van der Waals surface area contributed by atoms with Gasteiger partial charge in [0.15, 0.2) is 0 Å². The Hall–Kier alpha value is -0.650. The van der Waals surface area contributed by atoms with Crippen LogP contribution >= 0.6 is 11.8 Å². The van der Waals surface area contributed by atoms with Crippen molar-refractivity contribution in [3.05, 3.63) is 29.8 Å². The predicted octanol–water partition coefficient (Wildman–Crippen LogP) is 2.68. The molecule has 96 valence electrons. The molecule has 2 nitrogen and oxygen atoms in total. The summed E-state index contributed by atoms with van der Waals surface area (Å²) < 4.78 is 30.9. The van der Waals surface area contributed by atoms with Gasteiger partial charge < -0.3 is 10.1 Å². The van der Waals surface area contributed by atoms with Crippen molar-refractivity contribution < 1.29 is 13.5 Å². The summed E-state index contributed by atoms with van der Waals surface area (Å²) in [6.07, 6.45) is 0. The number of rotatable bonds is 7. The van der Waals surface area contributed by atoms with Crippen molar-refractivity contribution in [3.8, 4) is 0 Å². The molecule has 0 heterocycles. The highest BCUT2D eigenvalue weighted by molar-refractivity contribution is 7.99. The molecule has 0 saturated heterocycles. The number of nitrogens with one attached hydrogen (secondary N) is 1. The van der Waals surface area contributed by atoms with Crippen LogP contribution in [0.5, 0.6) is 0 Å². The molecule has 1 unspecified atom stereocenters. The largest absolute Gasteiger partial charge is 0.383 e. The van der Waals surface area contributed by atoms with E-state index in [0.717, 1.165) is 18.4 Å². The quantitative estimate of drug-likeness (QED) is 0.602. The Bertz CT molecular complexity index is 349. The molecule has 0 aliphatic rings. The van der Waals surface area contributed by atoms with Gasteiger partial charge in [-0.05, 0) is 19.1 Å². The van der Waals surface area contributed by atoms with Crippen molar-refractivity contribution in [1.82, 2.24) is 5.32 Å². The third-order valence-corrected chi connectivity index (χ3v) is 3.21. The molecule has 1 rings (SSSR count). The number of thioether (sulfide) groups is 1. The monoisotopic (exact) mass is 261 g/mol. The Morgan fingerprint density at radius 1 is 1.41 bits per heavy atom. The smallest absolute Gasteiger partial charge is 0.139 e. The first-order valence-electron chi connectivity index (χ1n) is 5.43. The molecular weight excluding hydrogens is 244 g/mol. The van der Waals surface area contributed by atoms with Gasteiger partial charge in [-0.2, -0.15) is 0 Å². The van der Waals surface area contributed by atoms with Crippen LogP contribution < -0.4 is 5.32 Å². The highest BCUT2D eigenvalue weighted by Gasteiger charge is 2.04. The van der Waals surface area contributed by atoms with Crippen LogP contribution in [0.4, 0.5) is 8.78 Å². The maximum atomic E-state index is 13.3. The van der Waals surface area contributed by atoms with Gasteiger partial charge in [0, 0.05) is 36.4 Å². The Morgan fingerprint density at radius 3 is 2.82 bits per heavy atom. The lowest BCUT2D eigenvalue weighted by atomic mass is 10.3. The number of ether oxygens (including phenoxy) is 1. The fraction of sp³-hybridized carbons (Fsp3) is 0.500. The van der Waals surface area contributed by atoms with Crippen LogP contribution in [-0.4, -0.2) is 32.1 Å². The van der Waals surface area contributed by atoms with Crippen molar-refractivity contribution in [1.29, 1.82) is 0 Å². The van der Waals surface area contributed by atoms with Gasteiger partial charge in [0.1, 0.15) is 11.6 Å². The van der Waals surface area contributed by atoms with Gasteiger partial charge in [0.2, 0.25) is 0 Å². The van der Waals surface area contributed by atoms with E-state index in [4.69, 9.17) is 4.74 Å². The standard InChI is InChI=1S/C12H17F2NOS/c1-9(8-16-2)15-5-6-17-12-4-3-10(13)7-11(12)14/h3-4,7,9,15H,5-6,8H2,1-2H3. The highest BCUT2D eigenvalue weighted by atomic mass is 32.2. The van der Waals surface area contributed by atoms with Crippen molar-refractivity contribution in [2.75, 3.05) is 26.0 Å². The molecular formula is C12H17F2NOS. The molecule has 0 fully saturated rings. The lowest BCUT2D eigenvalue weighted by Crippen LogP contribution is -2.31. The van der Waals surface area contributed by atoms with Crippen LogP contribution in [0, 0.1) is 11.6 Å². The summed E-state index contributed by atoms with van der Waals surface area (Å²) in [7, 11) is 1.65. The van der Waals surface area contributed by atoms with Crippen molar-refractivity contribution >= 4 is 11.8 Å². The molecule has 17 heavy (non-hydrogen) atoms. The van der Waals surface area contributed by atoms with E-state index < -0.39 is 11.6 Å². The Morgan fingerprint density at radius 2 is 2.18 bits per heavy atom. The Kier molecular flexibility index (Phi) is 6.47. The number of hydrogen-bond acceptors (Lipinski definition) is 3. The second-order valence-corrected chi connectivity index (χ2v) is 4.87. The van der Waals surface area contributed by atoms with Gasteiger partial charge in [-0.3, -0.25) is 0 Å². The molecule has 0 amide bonds. The summed E-state index contributed by atoms with van der Waals surface area (Å²) in [4.78, 5) is 0.479. The van der Waals surface area contributed by atoms with E-state index in [2.05, 4.69) is 5.32 Å². The fourth-order valence-corrected chi connectivity index (χ4v) is 2.17. The lowest BCUT2D eigenvalue weighted by Gasteiger charge is -2.12. The Labute approximate surface area is 105 Å². The van der Waals surface area contributed by atoms with E-state index in [-0.39, 0.29) is 6.04 Å². The van der Waals surface area contributed by atoms with Crippen LogP contribution in [0.25, 0.3) is 0 Å². The first-order valence-corrected chi connectivity index (χ1v) is 6.42. The minimum atomic E-state index is -0.543. The summed E-state index contributed by atoms with van der Waals surface area (Å²) in [5, 5.41) is 3.24. The van der Waals surface area contributed by atoms with Crippen LogP contribution in [0.2, 0.25) is 0 Å². The maximum Gasteiger partial charge on any atom is 0.139 e. The molecule has 0 aromatic heterocycles. The van der Waals surface area contributed by atoms with E-state index in [1.165, 1.54) is 23.9 Å². The van der Waals surface area contributed by atoms with Crippen molar-refractivity contribution in [2.24, 2.45) is 0 Å². The molecule has 5 heteroatoms. The second kappa shape index (κ2) is 7.63. The maximum absolute atomic E-state index is 13.3. The van der Waals surface area contributed by atoms with Gasteiger partial charge in [-0.1, -0.05) is 0 Å². The molecule has 0 aliphatic carbocycles. The molecule has 1 N–H and O–H groups in total. The molecule has 1 aromatic carbocycles. The van der Waals surface area contributed by atoms with E-state index in [1.807, 2.05) is 6.92 Å². The van der Waals surface area contributed by atoms with Gasteiger partial charge in [-0.15, -0.1) is 11.8 Å². The van der Waals surface area contributed by atoms with Gasteiger partial charge in [-0.25, -0.2) is 8.78 Å². The van der Waals surface area contributed by atoms with Gasteiger partial charge in [0.25, 0.3) is 0 Å². The molecule has 0 spiro atoms. The van der Waals surface area contributed by atoms with Crippen molar-refractivity contribution in [2.45, 2.75) is 17.9 Å². The molecule has 0 radical (unpaired) electrons. The third-order valence-electron chi connectivity index (χ3n) is 2.16. The van der Waals surface area contributed by atoms with Crippen LogP contribution in [0.15, 0.2) is 23.1 Å². The SMILES string of the molecule is COCC(C)NCCSc1ccc(F)cc1F. The first-order chi connectivity index (χ1) is 8.13. The summed E-state index contributed by atoms with van der Waals surface area (Å²) in [5.41, 5.74) is 0. The second-order valence-electron chi connectivity index (χ2n) is 3.73. The number of halogens is 2. The lowest BCUT2D eigenvalue weighted by molar-refractivity contribution is 0.173. The van der Waals surface area contributed by atoms with Gasteiger partial charge in [0.05, 0.1) is 6.61 Å². The van der Waals surface area contributed by atoms with E-state index >= 15 is 0 Å². The minimum absolute atomic E-state index is 0.277. The Balaban J connectivity index is 2.26. The van der Waals surface area contributed by atoms with E-state index in [0.29, 0.717) is 11.5 Å². The number of methoxy groups -OCH3 is 1. The number of hydrogen-bond donors (Lipinski definition) is 1. The van der Waals surface area contributed by atoms with Crippen LogP contribution in [0.1, 0.15) is 6.92 Å². The highest BCUT2D eigenvalue weighted by Crippen LogP contribution is 2.21. The summed E-state index contributed by atoms with van der Waals surface area (Å²) in [6, 6.07) is 3.92. The summed E-state index contributed by atoms with van der Waals surface area (Å²) in [6.45, 7) is 3.42. The normalized spacial score (nSPS) is 12.7. The van der Waals surface area contributed by atoms with Crippen LogP contribution in [-0.2, 0) is 4.74 Å². The average Bonchev–Trinajstić information content (AvgIpc) is 2.27. The molecule has 1 atom stereocenters. The van der Waals surface area contributed by atoms with E-state index in [1.54, 1.807) is 7.11 Å². The van der Waals surface area contributed by atoms with Crippen molar-refractivity contribution in [3.63, 3.8) is 0 Å². The third kappa shape index (κ3) is 5.48. The zero-order chi connectivity index (χ0) is 12.7. The van der Waals surface area contributed by atoms with E-state index in [9.17, 15) is 8.78 Å². The molecule has 0 saturated carbocycles. The molecule has 0 aliphatic heterocycles. The predicted molar refractivity (Wildman–Crippen MR) is 66.4 cm³/mol. The summed E-state index contributed by atoms with van der Waals surface area (Å²) in [5.74, 6) is -0.310. The number of benzene rings is 1. The minimum Gasteiger partial charge on any atom is -0.383 e. The molecule has 1 aromatic rings. The fourth-order valence-electron chi connectivity index (χ4n) is 1.37. The van der Waals surface area contributed by atoms with Gasteiger partial charge >= 0.3 is 0 Å². The van der Waals surface area contributed by atoms with Crippen LogP contribution in [0.3, 0.4) is 0 Å². The zero-order valence-corrected chi connectivity index (χ0v) is 10.8. The summed E-state index contributed by atoms with van der Waals surface area (Å²) >= 11 is 1.37.